The van der Waals surface area contributed by atoms with Gasteiger partial charge in [0.25, 0.3) is 0 Å². The van der Waals surface area contributed by atoms with Crippen LogP contribution in [0, 0.1) is 28.6 Å². The topological polar surface area (TPSA) is 34.1 Å². The maximum absolute atomic E-state index is 11.7. The van der Waals surface area contributed by atoms with Crippen LogP contribution in [0.15, 0.2) is 23.8 Å². The third-order valence-electron chi connectivity index (χ3n) is 6.98. The number of carbonyl (C=O) groups is 2. The summed E-state index contributed by atoms with van der Waals surface area (Å²) in [5.74, 6) is 1.67. The van der Waals surface area contributed by atoms with Crippen molar-refractivity contribution in [2.75, 3.05) is 0 Å². The fraction of sp³-hybridized carbons (Fsp3) is 0.700. The van der Waals surface area contributed by atoms with Gasteiger partial charge in [-0.15, -0.1) is 0 Å². The maximum Gasteiger partial charge on any atom is 0.178 e. The zero-order valence-electron chi connectivity index (χ0n) is 14.1. The molecule has 0 N–H and O–H groups in total. The standard InChI is InChI=1S/C20H28O2/c1-4-15(13-21)19(2)9-8-18-14(12-19)5-6-16-11-17(22)7-10-20(16,18)3/h7,10-11,13-15,18H,4-6,8-9,12H2,1-3H3. The Hall–Kier alpha value is -1.18. The number of aldehydes is 1. The first-order valence-electron chi connectivity index (χ1n) is 8.82. The van der Waals surface area contributed by atoms with E-state index in [-0.39, 0.29) is 22.5 Å². The second-order valence-electron chi connectivity index (χ2n) is 8.14. The lowest BCUT2D eigenvalue weighted by Gasteiger charge is -2.54. The first-order valence-corrected chi connectivity index (χ1v) is 8.82. The molecular formula is C20H28O2. The Morgan fingerprint density at radius 2 is 2.14 bits per heavy atom. The van der Waals surface area contributed by atoms with Gasteiger partial charge in [-0.3, -0.25) is 4.79 Å². The molecule has 120 valence electrons. The van der Waals surface area contributed by atoms with Gasteiger partial charge in [0.2, 0.25) is 0 Å². The molecule has 0 bridgehead atoms. The van der Waals surface area contributed by atoms with E-state index < -0.39 is 0 Å². The average molecular weight is 300 g/mol. The molecule has 0 amide bonds. The highest BCUT2D eigenvalue weighted by molar-refractivity contribution is 6.01. The fourth-order valence-electron chi connectivity index (χ4n) is 5.53. The summed E-state index contributed by atoms with van der Waals surface area (Å²) in [5, 5.41) is 0. The van der Waals surface area contributed by atoms with Crippen LogP contribution in [0.2, 0.25) is 0 Å². The summed E-state index contributed by atoms with van der Waals surface area (Å²) in [6.45, 7) is 6.77. The van der Waals surface area contributed by atoms with Crippen LogP contribution >= 0.6 is 0 Å². The van der Waals surface area contributed by atoms with E-state index in [0.717, 1.165) is 19.3 Å². The minimum absolute atomic E-state index is 0.0705. The molecule has 2 heteroatoms. The zero-order valence-corrected chi connectivity index (χ0v) is 14.1. The first-order chi connectivity index (χ1) is 10.4. The van der Waals surface area contributed by atoms with Crippen LogP contribution in [-0.2, 0) is 9.59 Å². The van der Waals surface area contributed by atoms with E-state index in [4.69, 9.17) is 0 Å². The third kappa shape index (κ3) is 2.31. The van der Waals surface area contributed by atoms with E-state index in [0.29, 0.717) is 11.8 Å². The fourth-order valence-corrected chi connectivity index (χ4v) is 5.53. The van der Waals surface area contributed by atoms with Crippen LogP contribution < -0.4 is 0 Å². The first kappa shape index (κ1) is 15.7. The molecule has 2 nitrogen and oxygen atoms in total. The summed E-state index contributed by atoms with van der Waals surface area (Å²) in [4.78, 5) is 23.2. The van der Waals surface area contributed by atoms with Gasteiger partial charge in [0, 0.05) is 11.3 Å². The highest BCUT2D eigenvalue weighted by atomic mass is 16.1. The Balaban J connectivity index is 1.85. The lowest BCUT2D eigenvalue weighted by molar-refractivity contribution is -0.117. The Morgan fingerprint density at radius 1 is 1.36 bits per heavy atom. The van der Waals surface area contributed by atoms with Crippen LogP contribution in [0.4, 0.5) is 0 Å². The van der Waals surface area contributed by atoms with Crippen molar-refractivity contribution in [3.05, 3.63) is 23.8 Å². The van der Waals surface area contributed by atoms with Gasteiger partial charge in [-0.25, -0.2) is 0 Å². The van der Waals surface area contributed by atoms with Gasteiger partial charge >= 0.3 is 0 Å². The maximum atomic E-state index is 11.7. The smallest absolute Gasteiger partial charge is 0.178 e. The Kier molecular flexibility index (Phi) is 3.91. The van der Waals surface area contributed by atoms with Gasteiger partial charge in [0.1, 0.15) is 6.29 Å². The van der Waals surface area contributed by atoms with Crippen molar-refractivity contribution in [3.63, 3.8) is 0 Å². The van der Waals surface area contributed by atoms with E-state index in [1.807, 2.05) is 6.08 Å². The second kappa shape index (κ2) is 5.47. The van der Waals surface area contributed by atoms with Gasteiger partial charge in [-0.2, -0.15) is 0 Å². The minimum atomic E-state index is 0.0705. The number of hydrogen-bond acceptors (Lipinski definition) is 2. The van der Waals surface area contributed by atoms with Gasteiger partial charge in [0.05, 0.1) is 0 Å². The van der Waals surface area contributed by atoms with E-state index in [9.17, 15) is 9.59 Å². The van der Waals surface area contributed by atoms with Gasteiger partial charge < -0.3 is 4.79 Å². The van der Waals surface area contributed by atoms with Gasteiger partial charge in [-0.1, -0.05) is 32.4 Å². The van der Waals surface area contributed by atoms with Crippen molar-refractivity contribution in [1.29, 1.82) is 0 Å². The van der Waals surface area contributed by atoms with Crippen LogP contribution in [-0.4, -0.2) is 12.1 Å². The molecule has 0 aromatic heterocycles. The number of hydrogen-bond donors (Lipinski definition) is 0. The summed E-state index contributed by atoms with van der Waals surface area (Å²) >= 11 is 0. The molecule has 0 spiro atoms. The van der Waals surface area contributed by atoms with Crippen LogP contribution in [0.25, 0.3) is 0 Å². The largest absolute Gasteiger partial charge is 0.303 e. The molecule has 0 heterocycles. The molecule has 3 aliphatic carbocycles. The monoisotopic (exact) mass is 300 g/mol. The predicted molar refractivity (Wildman–Crippen MR) is 88.4 cm³/mol. The molecule has 0 aromatic rings. The van der Waals surface area contributed by atoms with E-state index in [2.05, 4.69) is 26.8 Å². The molecule has 0 saturated heterocycles. The van der Waals surface area contributed by atoms with Crippen molar-refractivity contribution in [2.24, 2.45) is 28.6 Å². The highest BCUT2D eigenvalue weighted by Crippen LogP contribution is 2.59. The van der Waals surface area contributed by atoms with Crippen molar-refractivity contribution in [3.8, 4) is 0 Å². The average Bonchev–Trinajstić information content (AvgIpc) is 2.49. The van der Waals surface area contributed by atoms with Gasteiger partial charge in [0.15, 0.2) is 5.78 Å². The van der Waals surface area contributed by atoms with E-state index >= 15 is 0 Å². The minimum Gasteiger partial charge on any atom is -0.303 e. The molecular weight excluding hydrogens is 272 g/mol. The highest BCUT2D eigenvalue weighted by Gasteiger charge is 2.50. The summed E-state index contributed by atoms with van der Waals surface area (Å²) in [6.07, 6.45) is 13.7. The number of ketones is 1. The quantitative estimate of drug-likeness (QED) is 0.719. The molecule has 5 unspecified atom stereocenters. The molecule has 5 atom stereocenters. The molecule has 2 fully saturated rings. The van der Waals surface area contributed by atoms with E-state index in [1.165, 1.54) is 31.1 Å². The number of allylic oxidation sites excluding steroid dienone is 4. The Morgan fingerprint density at radius 3 is 2.82 bits per heavy atom. The third-order valence-corrected chi connectivity index (χ3v) is 6.98. The van der Waals surface area contributed by atoms with Crippen LogP contribution in [0.3, 0.4) is 0 Å². The zero-order chi connectivity index (χ0) is 16.0. The van der Waals surface area contributed by atoms with Crippen molar-refractivity contribution < 1.29 is 9.59 Å². The molecule has 2 saturated carbocycles. The summed E-state index contributed by atoms with van der Waals surface area (Å²) in [5.41, 5.74) is 1.58. The van der Waals surface area contributed by atoms with Crippen molar-refractivity contribution >= 4 is 12.1 Å². The van der Waals surface area contributed by atoms with Crippen LogP contribution in [0.5, 0.6) is 0 Å². The predicted octanol–water partition coefficient (Wildman–Crippen LogP) is 4.50. The summed E-state index contributed by atoms with van der Waals surface area (Å²) in [7, 11) is 0. The SMILES string of the molecule is CCC(C=O)C1(C)CCC2C(CCC3=CC(=O)C=CC32C)C1. The lowest BCUT2D eigenvalue weighted by Crippen LogP contribution is -2.46. The normalized spacial score (nSPS) is 42.1. The van der Waals surface area contributed by atoms with Crippen molar-refractivity contribution in [2.45, 2.75) is 59.3 Å². The van der Waals surface area contributed by atoms with Crippen LogP contribution in [0.1, 0.15) is 59.3 Å². The molecule has 3 rings (SSSR count). The molecule has 3 aliphatic rings. The van der Waals surface area contributed by atoms with E-state index in [1.54, 1.807) is 6.08 Å². The molecule has 0 aliphatic heterocycles. The molecule has 22 heavy (non-hydrogen) atoms. The lowest BCUT2D eigenvalue weighted by atomic mass is 9.50. The second-order valence-corrected chi connectivity index (χ2v) is 8.14. The number of fused-ring (bicyclic) bond motifs is 3. The molecule has 0 radical (unpaired) electrons. The summed E-state index contributed by atoms with van der Waals surface area (Å²) in [6, 6.07) is 0. The Bertz CT molecular complexity index is 544. The number of carbonyl (C=O) groups excluding carboxylic acids is 2. The Labute approximate surface area is 134 Å². The van der Waals surface area contributed by atoms with Crippen molar-refractivity contribution in [1.82, 2.24) is 0 Å². The molecule has 0 aromatic carbocycles. The van der Waals surface area contributed by atoms with Gasteiger partial charge in [-0.05, 0) is 67.9 Å². The number of rotatable bonds is 3. The summed E-state index contributed by atoms with van der Waals surface area (Å²) < 4.78 is 0.